The Kier molecular flexibility index (Phi) is 7.86. The van der Waals surface area contributed by atoms with Crippen LogP contribution in [0.4, 0.5) is 10.2 Å². The van der Waals surface area contributed by atoms with E-state index in [1.165, 1.54) is 36.5 Å². The molecule has 1 saturated carbocycles. The first kappa shape index (κ1) is 30.7. The van der Waals surface area contributed by atoms with E-state index in [1.807, 2.05) is 6.92 Å². The molecule has 0 radical (unpaired) electrons. The summed E-state index contributed by atoms with van der Waals surface area (Å²) in [6, 6.07) is 6.44. The number of benzene rings is 1. The Labute approximate surface area is 263 Å². The van der Waals surface area contributed by atoms with Gasteiger partial charge in [0.25, 0.3) is 0 Å². The Bertz CT molecular complexity index is 2030. The minimum absolute atomic E-state index is 0.0154. The number of sulfone groups is 1. The third-order valence-electron chi connectivity index (χ3n) is 8.45. The van der Waals surface area contributed by atoms with E-state index in [0.717, 1.165) is 36.2 Å². The summed E-state index contributed by atoms with van der Waals surface area (Å²) in [7, 11) is -3.89. The van der Waals surface area contributed by atoms with Crippen LogP contribution in [0.25, 0.3) is 28.0 Å². The molecular formula is C31H30ClFN6O5S. The molecule has 0 bridgehead atoms. The lowest BCUT2D eigenvalue weighted by molar-refractivity contribution is -0.126. The number of anilines is 1. The lowest BCUT2D eigenvalue weighted by atomic mass is 9.82. The van der Waals surface area contributed by atoms with E-state index in [-0.39, 0.29) is 73.9 Å². The average molecular weight is 653 g/mol. The number of rotatable bonds is 6. The summed E-state index contributed by atoms with van der Waals surface area (Å²) in [6.07, 6.45) is 6.08. The van der Waals surface area contributed by atoms with E-state index in [2.05, 4.69) is 21.5 Å². The molecule has 2 fully saturated rings. The maximum atomic E-state index is 16.1. The van der Waals surface area contributed by atoms with Crippen molar-refractivity contribution >= 4 is 44.2 Å². The van der Waals surface area contributed by atoms with Crippen molar-refractivity contribution in [2.24, 2.45) is 0 Å². The molecule has 6 rings (SSSR count). The van der Waals surface area contributed by atoms with Gasteiger partial charge in [-0.2, -0.15) is 4.98 Å². The SMILES string of the molecule is C=CC(=O)N1CCN(c2nc(=O)n(-c3c(S(C)(=O)=O)ccnc3C3CCC3)c3nc(-c4c(O)cccc4Cl)c(F)cc23)[C@@H](C)C1. The number of aromatic hydroxyl groups is 1. The smallest absolute Gasteiger partial charge is 0.355 e. The van der Waals surface area contributed by atoms with Crippen molar-refractivity contribution in [3.8, 4) is 22.7 Å². The second-order valence-electron chi connectivity index (χ2n) is 11.4. The molecule has 1 aromatic carbocycles. The molecule has 1 N–H and O–H groups in total. The summed E-state index contributed by atoms with van der Waals surface area (Å²) >= 11 is 6.39. The number of carbonyl (C=O) groups excluding carboxylic acids is 1. The Balaban J connectivity index is 1.69. The van der Waals surface area contributed by atoms with E-state index in [9.17, 15) is 23.1 Å². The number of aromatic nitrogens is 4. The molecule has 1 amide bonds. The highest BCUT2D eigenvalue weighted by Gasteiger charge is 2.33. The number of phenolic OH excluding ortho intramolecular Hbond substituents is 1. The third kappa shape index (κ3) is 5.33. The second-order valence-corrected chi connectivity index (χ2v) is 13.7. The topological polar surface area (TPSA) is 139 Å². The number of piperazine rings is 1. The van der Waals surface area contributed by atoms with Crippen molar-refractivity contribution in [2.75, 3.05) is 30.8 Å². The molecule has 1 saturated heterocycles. The standard InChI is InChI=1S/C31H30ClFN6O5S/c1-4-24(41)37-13-14-38(17(2)16-37)29-19-15-21(33)27(25-20(32)9-6-10-22(25)40)35-30(19)39(31(42)36-29)28-23(45(3,43)44)11-12-34-26(28)18-7-5-8-18/h4,6,9-12,15,17-18,40H,1,5,7-8,13-14,16H2,2-3H3/t17-/m0/s1. The van der Waals surface area contributed by atoms with Crippen LogP contribution in [0.5, 0.6) is 5.75 Å². The van der Waals surface area contributed by atoms with Crippen LogP contribution in [0.3, 0.4) is 0 Å². The molecular weight excluding hydrogens is 623 g/mol. The van der Waals surface area contributed by atoms with Gasteiger partial charge in [-0.3, -0.25) is 9.78 Å². The van der Waals surface area contributed by atoms with E-state index >= 15 is 4.39 Å². The number of hydrogen-bond acceptors (Lipinski definition) is 9. The number of hydrogen-bond donors (Lipinski definition) is 1. The summed E-state index contributed by atoms with van der Waals surface area (Å²) < 4.78 is 43.4. The van der Waals surface area contributed by atoms with Gasteiger partial charge in [-0.1, -0.05) is 30.7 Å². The highest BCUT2D eigenvalue weighted by molar-refractivity contribution is 7.90. The molecule has 1 atom stereocenters. The van der Waals surface area contributed by atoms with Gasteiger partial charge in [0.1, 0.15) is 17.3 Å². The summed E-state index contributed by atoms with van der Waals surface area (Å²) in [4.78, 5) is 43.2. The zero-order valence-electron chi connectivity index (χ0n) is 24.6. The molecule has 2 aliphatic rings. The van der Waals surface area contributed by atoms with Gasteiger partial charge in [-0.15, -0.1) is 0 Å². The largest absolute Gasteiger partial charge is 0.507 e. The molecule has 0 unspecified atom stereocenters. The molecule has 4 heterocycles. The van der Waals surface area contributed by atoms with Crippen LogP contribution in [0.1, 0.15) is 37.8 Å². The fourth-order valence-corrected chi connectivity index (χ4v) is 7.12. The van der Waals surface area contributed by atoms with Crippen molar-refractivity contribution < 1.29 is 22.7 Å². The molecule has 234 valence electrons. The number of nitrogens with zero attached hydrogens (tertiary/aromatic N) is 6. The quantitative estimate of drug-likeness (QED) is 0.303. The number of phenols is 1. The molecule has 14 heteroatoms. The summed E-state index contributed by atoms with van der Waals surface area (Å²) in [6.45, 7) is 6.27. The molecule has 4 aromatic rings. The normalized spacial score (nSPS) is 17.4. The number of fused-ring (bicyclic) bond motifs is 1. The fourth-order valence-electron chi connectivity index (χ4n) is 6.01. The first-order chi connectivity index (χ1) is 21.4. The zero-order chi connectivity index (χ0) is 32.2. The molecule has 3 aromatic heterocycles. The van der Waals surface area contributed by atoms with Gasteiger partial charge in [0, 0.05) is 44.0 Å². The monoisotopic (exact) mass is 652 g/mol. The average Bonchev–Trinajstić information content (AvgIpc) is 2.96. The number of halogens is 2. The third-order valence-corrected chi connectivity index (χ3v) is 9.89. The minimum Gasteiger partial charge on any atom is -0.507 e. The molecule has 45 heavy (non-hydrogen) atoms. The Morgan fingerprint density at radius 1 is 1.20 bits per heavy atom. The Hall–Kier alpha value is -4.36. The van der Waals surface area contributed by atoms with Gasteiger partial charge in [0.15, 0.2) is 21.3 Å². The van der Waals surface area contributed by atoms with E-state index in [0.29, 0.717) is 18.8 Å². The predicted molar refractivity (Wildman–Crippen MR) is 168 cm³/mol. The van der Waals surface area contributed by atoms with Gasteiger partial charge >= 0.3 is 5.69 Å². The summed E-state index contributed by atoms with van der Waals surface area (Å²) in [5.74, 6) is -1.39. The lowest BCUT2D eigenvalue weighted by Gasteiger charge is -2.40. The maximum Gasteiger partial charge on any atom is 0.355 e. The van der Waals surface area contributed by atoms with Gasteiger partial charge < -0.3 is 14.9 Å². The first-order valence-electron chi connectivity index (χ1n) is 14.4. The van der Waals surface area contributed by atoms with Crippen LogP contribution in [-0.2, 0) is 14.6 Å². The van der Waals surface area contributed by atoms with Crippen LogP contribution >= 0.6 is 11.6 Å². The minimum atomic E-state index is -3.89. The van der Waals surface area contributed by atoms with Crippen molar-refractivity contribution in [1.29, 1.82) is 0 Å². The number of amides is 1. The number of pyridine rings is 2. The van der Waals surface area contributed by atoms with Crippen LogP contribution in [0.15, 0.2) is 58.9 Å². The van der Waals surface area contributed by atoms with Crippen molar-refractivity contribution in [2.45, 2.75) is 43.0 Å². The van der Waals surface area contributed by atoms with Gasteiger partial charge in [0.2, 0.25) is 5.91 Å². The highest BCUT2D eigenvalue weighted by atomic mass is 35.5. The lowest BCUT2D eigenvalue weighted by Crippen LogP contribution is -2.54. The molecule has 0 spiro atoms. The van der Waals surface area contributed by atoms with E-state index in [4.69, 9.17) is 11.6 Å². The van der Waals surface area contributed by atoms with Crippen LogP contribution in [-0.4, -0.2) is 75.8 Å². The predicted octanol–water partition coefficient (Wildman–Crippen LogP) is 4.23. The van der Waals surface area contributed by atoms with Crippen LogP contribution < -0.4 is 10.6 Å². The second kappa shape index (κ2) is 11.5. The van der Waals surface area contributed by atoms with E-state index < -0.39 is 21.3 Å². The Morgan fingerprint density at radius 2 is 1.96 bits per heavy atom. The van der Waals surface area contributed by atoms with Gasteiger partial charge in [-0.25, -0.2) is 27.2 Å². The number of carbonyl (C=O) groups is 1. The van der Waals surface area contributed by atoms with Gasteiger partial charge in [0.05, 0.1) is 32.2 Å². The van der Waals surface area contributed by atoms with Crippen molar-refractivity contribution in [3.05, 3.63) is 76.2 Å². The zero-order valence-corrected chi connectivity index (χ0v) is 26.1. The van der Waals surface area contributed by atoms with Crippen LogP contribution in [0, 0.1) is 5.82 Å². The van der Waals surface area contributed by atoms with Crippen molar-refractivity contribution in [3.63, 3.8) is 0 Å². The fraction of sp³-hybridized carbons (Fsp3) is 0.323. The summed E-state index contributed by atoms with van der Waals surface area (Å²) in [5.41, 5.74) is -0.936. The first-order valence-corrected chi connectivity index (χ1v) is 16.7. The van der Waals surface area contributed by atoms with Crippen LogP contribution in [0.2, 0.25) is 5.02 Å². The van der Waals surface area contributed by atoms with E-state index in [1.54, 1.807) is 9.80 Å². The van der Waals surface area contributed by atoms with Crippen molar-refractivity contribution in [1.82, 2.24) is 24.4 Å². The molecule has 1 aliphatic heterocycles. The molecule has 11 nitrogen and oxygen atoms in total. The maximum absolute atomic E-state index is 16.1. The highest BCUT2D eigenvalue weighted by Crippen LogP contribution is 2.42. The van der Waals surface area contributed by atoms with Gasteiger partial charge in [-0.05, 0) is 50.1 Å². The Morgan fingerprint density at radius 3 is 2.58 bits per heavy atom. The summed E-state index contributed by atoms with van der Waals surface area (Å²) in [5, 5.41) is 10.8. The molecule has 1 aliphatic carbocycles.